The quantitative estimate of drug-likeness (QED) is 0.683. The fraction of sp³-hybridized carbons (Fsp3) is 0.182. The molecule has 148 valence electrons. The largest absolute Gasteiger partial charge is 0.416 e. The molecule has 2 heterocycles. The maximum atomic E-state index is 12.6. The van der Waals surface area contributed by atoms with Gasteiger partial charge in [0.1, 0.15) is 5.82 Å². The topological polar surface area (TPSA) is 45.2 Å². The van der Waals surface area contributed by atoms with Crippen LogP contribution in [0.2, 0.25) is 0 Å². The lowest BCUT2D eigenvalue weighted by Crippen LogP contribution is -2.30. The summed E-state index contributed by atoms with van der Waals surface area (Å²) in [4.78, 5) is 18.9. The molecule has 4 rings (SSSR count). The number of halogens is 3. The minimum Gasteiger partial charge on any atom is -0.352 e. The predicted octanol–water partition coefficient (Wildman–Crippen LogP) is 4.92. The first-order valence-corrected chi connectivity index (χ1v) is 9.16. The Labute approximate surface area is 166 Å². The van der Waals surface area contributed by atoms with Gasteiger partial charge in [-0.1, -0.05) is 24.3 Å². The van der Waals surface area contributed by atoms with Crippen LogP contribution in [0.4, 0.5) is 24.7 Å². The second-order valence-corrected chi connectivity index (χ2v) is 6.87. The third-order valence-corrected chi connectivity index (χ3v) is 4.93. The number of nitrogens with zero attached hydrogens (tertiary/aromatic N) is 2. The van der Waals surface area contributed by atoms with E-state index in [1.54, 1.807) is 12.3 Å². The summed E-state index contributed by atoms with van der Waals surface area (Å²) in [6.07, 6.45) is -1.92. The molecule has 0 aliphatic carbocycles. The number of carbonyl (C=O) groups is 1. The van der Waals surface area contributed by atoms with E-state index in [1.165, 1.54) is 11.1 Å². The zero-order valence-electron chi connectivity index (χ0n) is 15.4. The van der Waals surface area contributed by atoms with Crippen LogP contribution in [0, 0.1) is 0 Å². The molecule has 2 aromatic carbocycles. The standard InChI is InChI=1S/C22H18F3N3O/c23-22(24,25)18-7-5-16(6-8-18)21(29)27-19-9-10-20(26-13-19)28-12-11-15-3-1-2-4-17(15)14-28/h1-10,13H,11-12,14H2,(H,27,29). The molecule has 0 bridgehead atoms. The van der Waals surface area contributed by atoms with Crippen LogP contribution in [0.3, 0.4) is 0 Å². The summed E-state index contributed by atoms with van der Waals surface area (Å²) in [5.41, 5.74) is 2.47. The van der Waals surface area contributed by atoms with Gasteiger partial charge in [0.05, 0.1) is 17.4 Å². The summed E-state index contributed by atoms with van der Waals surface area (Å²) in [6.45, 7) is 1.64. The van der Waals surface area contributed by atoms with Gasteiger partial charge in [-0.25, -0.2) is 4.98 Å². The molecule has 1 N–H and O–H groups in total. The van der Waals surface area contributed by atoms with E-state index in [2.05, 4.69) is 27.3 Å². The van der Waals surface area contributed by atoms with Gasteiger partial charge in [0.25, 0.3) is 5.91 Å². The number of fused-ring (bicyclic) bond motifs is 1. The Morgan fingerprint density at radius 2 is 1.69 bits per heavy atom. The molecule has 1 aliphatic heterocycles. The number of hydrogen-bond acceptors (Lipinski definition) is 3. The van der Waals surface area contributed by atoms with Gasteiger partial charge in [0.15, 0.2) is 0 Å². The van der Waals surface area contributed by atoms with Crippen molar-refractivity contribution in [2.24, 2.45) is 0 Å². The molecule has 0 fully saturated rings. The Balaban J connectivity index is 1.41. The Morgan fingerprint density at radius 1 is 0.966 bits per heavy atom. The number of nitrogens with one attached hydrogen (secondary N) is 1. The predicted molar refractivity (Wildman–Crippen MR) is 105 cm³/mol. The Bertz CT molecular complexity index is 1010. The fourth-order valence-electron chi connectivity index (χ4n) is 3.35. The van der Waals surface area contributed by atoms with Gasteiger partial charge in [-0.15, -0.1) is 0 Å². The van der Waals surface area contributed by atoms with E-state index >= 15 is 0 Å². The van der Waals surface area contributed by atoms with Gasteiger partial charge in [0, 0.05) is 18.7 Å². The highest BCUT2D eigenvalue weighted by molar-refractivity contribution is 6.04. The molecule has 4 nitrogen and oxygen atoms in total. The van der Waals surface area contributed by atoms with Gasteiger partial charge >= 0.3 is 6.18 Å². The van der Waals surface area contributed by atoms with Crippen LogP contribution in [0.25, 0.3) is 0 Å². The average molecular weight is 397 g/mol. The number of hydrogen-bond donors (Lipinski definition) is 1. The highest BCUT2D eigenvalue weighted by Crippen LogP contribution is 2.29. The van der Waals surface area contributed by atoms with Gasteiger partial charge in [-0.05, 0) is 53.9 Å². The normalized spacial score (nSPS) is 13.7. The van der Waals surface area contributed by atoms with E-state index in [-0.39, 0.29) is 5.56 Å². The van der Waals surface area contributed by atoms with Crippen LogP contribution >= 0.6 is 0 Å². The number of anilines is 2. The molecule has 0 saturated heterocycles. The molecule has 29 heavy (non-hydrogen) atoms. The van der Waals surface area contributed by atoms with E-state index in [1.807, 2.05) is 18.2 Å². The Kier molecular flexibility index (Phi) is 4.96. The molecule has 1 aliphatic rings. The van der Waals surface area contributed by atoms with E-state index in [9.17, 15) is 18.0 Å². The fourth-order valence-corrected chi connectivity index (χ4v) is 3.35. The first-order valence-electron chi connectivity index (χ1n) is 9.16. The van der Waals surface area contributed by atoms with Crippen LogP contribution in [0.1, 0.15) is 27.0 Å². The monoisotopic (exact) mass is 397 g/mol. The lowest BCUT2D eigenvalue weighted by atomic mass is 10.00. The lowest BCUT2D eigenvalue weighted by molar-refractivity contribution is -0.137. The van der Waals surface area contributed by atoms with Crippen molar-refractivity contribution in [2.75, 3.05) is 16.8 Å². The highest BCUT2D eigenvalue weighted by Gasteiger charge is 2.30. The molecular weight excluding hydrogens is 379 g/mol. The lowest BCUT2D eigenvalue weighted by Gasteiger charge is -2.29. The first-order chi connectivity index (χ1) is 13.9. The molecular formula is C22H18F3N3O. The van der Waals surface area contributed by atoms with Crippen LogP contribution in [-0.2, 0) is 19.1 Å². The van der Waals surface area contributed by atoms with Crippen LogP contribution in [0.5, 0.6) is 0 Å². The third kappa shape index (κ3) is 4.23. The van der Waals surface area contributed by atoms with Crippen LogP contribution in [0.15, 0.2) is 66.9 Å². The number of alkyl halides is 3. The number of pyridine rings is 1. The van der Waals surface area contributed by atoms with E-state index in [0.717, 1.165) is 49.6 Å². The van der Waals surface area contributed by atoms with Crippen molar-refractivity contribution in [3.8, 4) is 0 Å². The molecule has 0 spiro atoms. The van der Waals surface area contributed by atoms with Crippen molar-refractivity contribution < 1.29 is 18.0 Å². The summed E-state index contributed by atoms with van der Waals surface area (Å²) < 4.78 is 37.9. The van der Waals surface area contributed by atoms with Crippen LogP contribution in [-0.4, -0.2) is 17.4 Å². The first kappa shape index (κ1) is 19.0. The molecule has 1 amide bonds. The van der Waals surface area contributed by atoms with E-state index in [0.29, 0.717) is 5.69 Å². The number of amides is 1. The van der Waals surface area contributed by atoms with Crippen molar-refractivity contribution in [2.45, 2.75) is 19.1 Å². The number of benzene rings is 2. The average Bonchev–Trinajstić information content (AvgIpc) is 2.73. The van der Waals surface area contributed by atoms with Crippen molar-refractivity contribution >= 4 is 17.4 Å². The molecule has 7 heteroatoms. The highest BCUT2D eigenvalue weighted by atomic mass is 19.4. The van der Waals surface area contributed by atoms with Crippen molar-refractivity contribution in [3.05, 3.63) is 89.1 Å². The molecule has 0 saturated carbocycles. The summed E-state index contributed by atoms with van der Waals surface area (Å²) in [6, 6.07) is 16.0. The summed E-state index contributed by atoms with van der Waals surface area (Å²) in [5.74, 6) is 0.326. The van der Waals surface area contributed by atoms with Gasteiger partial charge in [-0.3, -0.25) is 4.79 Å². The Morgan fingerprint density at radius 3 is 2.34 bits per heavy atom. The van der Waals surface area contributed by atoms with Crippen molar-refractivity contribution in [1.82, 2.24) is 4.98 Å². The minimum atomic E-state index is -4.43. The van der Waals surface area contributed by atoms with Crippen molar-refractivity contribution in [1.29, 1.82) is 0 Å². The number of aromatic nitrogens is 1. The van der Waals surface area contributed by atoms with E-state index < -0.39 is 17.6 Å². The van der Waals surface area contributed by atoms with Crippen LogP contribution < -0.4 is 10.2 Å². The Hall–Kier alpha value is -3.35. The third-order valence-electron chi connectivity index (χ3n) is 4.93. The van der Waals surface area contributed by atoms with Gasteiger partial charge < -0.3 is 10.2 Å². The van der Waals surface area contributed by atoms with Crippen molar-refractivity contribution in [3.63, 3.8) is 0 Å². The summed E-state index contributed by atoms with van der Waals surface area (Å²) in [7, 11) is 0. The molecule has 3 aromatic rings. The molecule has 0 atom stereocenters. The minimum absolute atomic E-state index is 0.148. The van der Waals surface area contributed by atoms with E-state index in [4.69, 9.17) is 0 Å². The second kappa shape index (κ2) is 7.58. The van der Waals surface area contributed by atoms with Gasteiger partial charge in [-0.2, -0.15) is 13.2 Å². The maximum Gasteiger partial charge on any atom is 0.416 e. The zero-order valence-corrected chi connectivity index (χ0v) is 15.4. The molecule has 0 unspecified atom stereocenters. The molecule has 0 radical (unpaired) electrons. The summed E-state index contributed by atoms with van der Waals surface area (Å²) >= 11 is 0. The van der Waals surface area contributed by atoms with Gasteiger partial charge in [0.2, 0.25) is 0 Å². The zero-order chi connectivity index (χ0) is 20.4. The molecule has 1 aromatic heterocycles. The maximum absolute atomic E-state index is 12.6. The number of carbonyl (C=O) groups excluding carboxylic acids is 1. The SMILES string of the molecule is O=C(Nc1ccc(N2CCc3ccccc3C2)nc1)c1ccc(C(F)(F)F)cc1. The number of rotatable bonds is 3. The second-order valence-electron chi connectivity index (χ2n) is 6.87. The summed E-state index contributed by atoms with van der Waals surface area (Å²) in [5, 5.41) is 2.66. The smallest absolute Gasteiger partial charge is 0.352 e.